The zero-order valence-electron chi connectivity index (χ0n) is 6.56. The van der Waals surface area contributed by atoms with E-state index >= 15 is 0 Å². The molecule has 0 amide bonds. The largest absolute Gasteiger partial charge is 0.329 e. The fourth-order valence-corrected chi connectivity index (χ4v) is 2.15. The third-order valence-corrected chi connectivity index (χ3v) is 2.19. The molecule has 0 fully saturated rings. The van der Waals surface area contributed by atoms with Gasteiger partial charge in [0.2, 0.25) is 0 Å². The van der Waals surface area contributed by atoms with E-state index in [-0.39, 0.29) is 6.04 Å². The van der Waals surface area contributed by atoms with E-state index in [2.05, 4.69) is 24.6 Å². The number of aldehydes is 1. The van der Waals surface area contributed by atoms with Gasteiger partial charge in [-0.3, -0.25) is 0 Å². The lowest BCUT2D eigenvalue weighted by Crippen LogP contribution is -2.47. The standard InChI is InChI=1S/C6H15NOSi/c1-6(5-8)7-9(2,3)4/h5-7H,1-4H3. The van der Waals surface area contributed by atoms with Crippen molar-refractivity contribution in [2.75, 3.05) is 0 Å². The average molecular weight is 145 g/mol. The minimum atomic E-state index is -1.22. The fraction of sp³-hybridized carbons (Fsp3) is 0.833. The Labute approximate surface area is 57.7 Å². The molecule has 0 aliphatic heterocycles. The summed E-state index contributed by atoms with van der Waals surface area (Å²) in [6.45, 7) is 8.40. The van der Waals surface area contributed by atoms with Crippen molar-refractivity contribution in [2.45, 2.75) is 32.6 Å². The molecule has 0 bridgehead atoms. The van der Waals surface area contributed by atoms with Gasteiger partial charge >= 0.3 is 0 Å². The first kappa shape index (κ1) is 8.85. The Kier molecular flexibility index (Phi) is 3.07. The molecule has 0 aromatic heterocycles. The normalized spacial score (nSPS) is 15.1. The van der Waals surface area contributed by atoms with Gasteiger partial charge in [-0.15, -0.1) is 0 Å². The number of hydrogen-bond donors (Lipinski definition) is 1. The van der Waals surface area contributed by atoms with Gasteiger partial charge in [-0.05, 0) is 6.92 Å². The van der Waals surface area contributed by atoms with E-state index in [1.807, 2.05) is 6.92 Å². The predicted octanol–water partition coefficient (Wildman–Crippen LogP) is 0.998. The van der Waals surface area contributed by atoms with Crippen LogP contribution in [-0.2, 0) is 4.79 Å². The number of carbonyl (C=O) groups is 1. The van der Waals surface area contributed by atoms with Crippen molar-refractivity contribution in [1.82, 2.24) is 4.98 Å². The van der Waals surface area contributed by atoms with E-state index in [1.54, 1.807) is 0 Å². The van der Waals surface area contributed by atoms with Crippen molar-refractivity contribution >= 4 is 14.5 Å². The van der Waals surface area contributed by atoms with Gasteiger partial charge < -0.3 is 9.78 Å². The van der Waals surface area contributed by atoms with Crippen molar-refractivity contribution in [2.24, 2.45) is 0 Å². The van der Waals surface area contributed by atoms with Gasteiger partial charge in [0, 0.05) is 0 Å². The Balaban J connectivity index is 3.59. The van der Waals surface area contributed by atoms with E-state index in [9.17, 15) is 4.79 Å². The molecule has 0 saturated carbocycles. The van der Waals surface area contributed by atoms with Crippen LogP contribution in [0.25, 0.3) is 0 Å². The highest BCUT2D eigenvalue weighted by Gasteiger charge is 2.14. The summed E-state index contributed by atoms with van der Waals surface area (Å²) in [7, 11) is -1.22. The molecule has 0 radical (unpaired) electrons. The highest BCUT2D eigenvalue weighted by atomic mass is 28.3. The molecule has 0 aromatic rings. The Morgan fingerprint density at radius 3 is 2.00 bits per heavy atom. The second-order valence-corrected chi connectivity index (χ2v) is 8.11. The molecule has 0 heterocycles. The summed E-state index contributed by atoms with van der Waals surface area (Å²) in [5.74, 6) is 0. The zero-order valence-corrected chi connectivity index (χ0v) is 7.56. The van der Waals surface area contributed by atoms with Crippen LogP contribution in [0.15, 0.2) is 0 Å². The maximum atomic E-state index is 10.1. The van der Waals surface area contributed by atoms with Crippen LogP contribution in [-0.4, -0.2) is 20.6 Å². The summed E-state index contributed by atoms with van der Waals surface area (Å²) in [4.78, 5) is 13.4. The first-order valence-corrected chi connectivity index (χ1v) is 6.69. The first-order valence-electron chi connectivity index (χ1n) is 3.19. The first-order chi connectivity index (χ1) is 3.95. The molecular formula is C6H15NOSi. The summed E-state index contributed by atoms with van der Waals surface area (Å²) < 4.78 is 0. The lowest BCUT2D eigenvalue weighted by Gasteiger charge is -2.19. The van der Waals surface area contributed by atoms with Crippen LogP contribution in [0, 0.1) is 0 Å². The molecule has 0 aliphatic rings. The quantitative estimate of drug-likeness (QED) is 0.474. The second kappa shape index (κ2) is 3.13. The van der Waals surface area contributed by atoms with E-state index in [4.69, 9.17) is 0 Å². The van der Waals surface area contributed by atoms with Crippen LogP contribution in [0.2, 0.25) is 19.6 Å². The van der Waals surface area contributed by atoms with Crippen LogP contribution in [0.5, 0.6) is 0 Å². The van der Waals surface area contributed by atoms with Gasteiger partial charge in [-0.1, -0.05) is 19.6 Å². The minimum Gasteiger partial charge on any atom is -0.329 e. The van der Waals surface area contributed by atoms with Crippen molar-refractivity contribution in [3.63, 3.8) is 0 Å². The molecule has 1 atom stereocenters. The molecule has 3 heteroatoms. The number of rotatable bonds is 3. The molecule has 0 aliphatic carbocycles. The molecule has 0 rings (SSSR count). The molecule has 0 saturated heterocycles. The van der Waals surface area contributed by atoms with Crippen LogP contribution in [0.1, 0.15) is 6.92 Å². The Morgan fingerprint density at radius 2 is 1.89 bits per heavy atom. The Bertz CT molecular complexity index is 97.7. The SMILES string of the molecule is CC(C=O)N[Si](C)(C)C. The summed E-state index contributed by atoms with van der Waals surface area (Å²) in [6.07, 6.45) is 0.943. The average Bonchev–Trinajstić information content (AvgIpc) is 1.62. The summed E-state index contributed by atoms with van der Waals surface area (Å²) >= 11 is 0. The van der Waals surface area contributed by atoms with Crippen molar-refractivity contribution in [1.29, 1.82) is 0 Å². The van der Waals surface area contributed by atoms with E-state index < -0.39 is 8.24 Å². The van der Waals surface area contributed by atoms with Crippen LogP contribution < -0.4 is 4.98 Å². The van der Waals surface area contributed by atoms with E-state index in [0.29, 0.717) is 0 Å². The van der Waals surface area contributed by atoms with Crippen LogP contribution in [0.3, 0.4) is 0 Å². The molecular weight excluding hydrogens is 130 g/mol. The topological polar surface area (TPSA) is 29.1 Å². The third kappa shape index (κ3) is 5.72. The van der Waals surface area contributed by atoms with E-state index in [1.165, 1.54) is 0 Å². The van der Waals surface area contributed by atoms with Crippen molar-refractivity contribution in [3.05, 3.63) is 0 Å². The summed E-state index contributed by atoms with van der Waals surface area (Å²) in [6, 6.07) is 0.0247. The molecule has 0 aromatic carbocycles. The number of nitrogens with one attached hydrogen (secondary N) is 1. The van der Waals surface area contributed by atoms with Crippen molar-refractivity contribution in [3.8, 4) is 0 Å². The molecule has 0 spiro atoms. The van der Waals surface area contributed by atoms with Gasteiger partial charge in [0.05, 0.1) is 6.04 Å². The van der Waals surface area contributed by atoms with E-state index in [0.717, 1.165) is 6.29 Å². The van der Waals surface area contributed by atoms with Gasteiger partial charge in [0.25, 0.3) is 0 Å². The number of carbonyl (C=O) groups excluding carboxylic acids is 1. The zero-order chi connectivity index (χ0) is 7.49. The Morgan fingerprint density at radius 1 is 1.44 bits per heavy atom. The Hall–Kier alpha value is -0.153. The second-order valence-electron chi connectivity index (χ2n) is 3.32. The maximum absolute atomic E-state index is 10.1. The van der Waals surface area contributed by atoms with Gasteiger partial charge in [0.15, 0.2) is 0 Å². The maximum Gasteiger partial charge on any atom is 0.135 e. The summed E-state index contributed by atoms with van der Waals surface area (Å²) in [5, 5.41) is 0. The van der Waals surface area contributed by atoms with Crippen LogP contribution in [0.4, 0.5) is 0 Å². The highest BCUT2D eigenvalue weighted by molar-refractivity contribution is 6.73. The molecule has 54 valence electrons. The molecule has 1 N–H and O–H groups in total. The van der Waals surface area contributed by atoms with Crippen molar-refractivity contribution < 1.29 is 4.79 Å². The minimum absolute atomic E-state index is 0.0247. The number of hydrogen-bond acceptors (Lipinski definition) is 2. The highest BCUT2D eigenvalue weighted by Crippen LogP contribution is 1.94. The molecule has 2 nitrogen and oxygen atoms in total. The van der Waals surface area contributed by atoms with Gasteiger partial charge in [-0.25, -0.2) is 0 Å². The third-order valence-electron chi connectivity index (χ3n) is 0.865. The monoisotopic (exact) mass is 145 g/mol. The van der Waals surface area contributed by atoms with Gasteiger partial charge in [-0.2, -0.15) is 0 Å². The fourth-order valence-electron chi connectivity index (χ4n) is 0.717. The predicted molar refractivity (Wildman–Crippen MR) is 42.0 cm³/mol. The van der Waals surface area contributed by atoms with Crippen LogP contribution >= 0.6 is 0 Å². The molecule has 1 unspecified atom stereocenters. The molecule has 9 heavy (non-hydrogen) atoms. The lowest BCUT2D eigenvalue weighted by molar-refractivity contribution is -0.108. The summed E-state index contributed by atoms with van der Waals surface area (Å²) in [5.41, 5.74) is 0. The van der Waals surface area contributed by atoms with Gasteiger partial charge in [0.1, 0.15) is 14.5 Å². The lowest BCUT2D eigenvalue weighted by atomic mass is 10.4. The smallest absolute Gasteiger partial charge is 0.135 e.